The standard InChI is InChI=1S/C23H25NO6/c1-15(25)17-5-7-19(8-6-17)30-23(27)18-13-22(26)24(14-18)11-10-16-4-9-20(28-2)21(12-16)29-3/h4-9,12,18H,10-11,13-14H2,1-3H3/t18-/m1/s1. The molecular formula is C23H25NO6. The molecule has 3 rings (SSSR count). The molecule has 1 amide bonds. The average molecular weight is 411 g/mol. The molecule has 0 spiro atoms. The Morgan fingerprint density at radius 1 is 1.03 bits per heavy atom. The third-order valence-corrected chi connectivity index (χ3v) is 5.15. The van der Waals surface area contributed by atoms with Gasteiger partial charge in [-0.1, -0.05) is 6.07 Å². The number of hydrogen-bond acceptors (Lipinski definition) is 6. The lowest BCUT2D eigenvalue weighted by atomic mass is 10.1. The van der Waals surface area contributed by atoms with Crippen molar-refractivity contribution < 1.29 is 28.6 Å². The number of ketones is 1. The van der Waals surface area contributed by atoms with Gasteiger partial charge in [0.15, 0.2) is 17.3 Å². The molecule has 2 aromatic rings. The highest BCUT2D eigenvalue weighted by atomic mass is 16.5. The Bertz CT molecular complexity index is 937. The van der Waals surface area contributed by atoms with Crippen LogP contribution in [0.5, 0.6) is 17.2 Å². The topological polar surface area (TPSA) is 82.1 Å². The lowest BCUT2D eigenvalue weighted by Gasteiger charge is -2.17. The predicted octanol–water partition coefficient (Wildman–Crippen LogP) is 2.90. The van der Waals surface area contributed by atoms with Crippen molar-refractivity contribution in [3.05, 3.63) is 53.6 Å². The second kappa shape index (κ2) is 9.43. The maximum atomic E-state index is 12.5. The molecule has 7 nitrogen and oxygen atoms in total. The third kappa shape index (κ3) is 4.97. The predicted molar refractivity (Wildman–Crippen MR) is 110 cm³/mol. The van der Waals surface area contributed by atoms with Crippen LogP contribution in [0.15, 0.2) is 42.5 Å². The Morgan fingerprint density at radius 3 is 2.37 bits per heavy atom. The quantitative estimate of drug-likeness (QED) is 0.377. The van der Waals surface area contributed by atoms with Crippen LogP contribution in [0.2, 0.25) is 0 Å². The van der Waals surface area contributed by atoms with E-state index in [-0.39, 0.29) is 18.1 Å². The van der Waals surface area contributed by atoms with E-state index in [4.69, 9.17) is 14.2 Å². The number of ether oxygens (including phenoxy) is 3. The Labute approximate surface area is 175 Å². The number of carbonyl (C=O) groups is 3. The van der Waals surface area contributed by atoms with Crippen LogP contribution in [0, 0.1) is 5.92 Å². The third-order valence-electron chi connectivity index (χ3n) is 5.15. The minimum absolute atomic E-state index is 0.0561. The van der Waals surface area contributed by atoms with Crippen molar-refractivity contribution in [3.63, 3.8) is 0 Å². The molecule has 0 saturated carbocycles. The van der Waals surface area contributed by atoms with E-state index in [0.717, 1.165) is 5.56 Å². The number of benzene rings is 2. The molecule has 1 saturated heterocycles. The van der Waals surface area contributed by atoms with Gasteiger partial charge in [-0.15, -0.1) is 0 Å². The van der Waals surface area contributed by atoms with E-state index in [9.17, 15) is 14.4 Å². The highest BCUT2D eigenvalue weighted by Crippen LogP contribution is 2.28. The Morgan fingerprint density at radius 2 is 1.73 bits per heavy atom. The highest BCUT2D eigenvalue weighted by Gasteiger charge is 2.35. The smallest absolute Gasteiger partial charge is 0.316 e. The van der Waals surface area contributed by atoms with Gasteiger partial charge >= 0.3 is 5.97 Å². The molecule has 2 aromatic carbocycles. The van der Waals surface area contributed by atoms with Crippen LogP contribution >= 0.6 is 0 Å². The van der Waals surface area contributed by atoms with Crippen molar-refractivity contribution in [1.29, 1.82) is 0 Å². The van der Waals surface area contributed by atoms with Crippen molar-refractivity contribution in [2.24, 2.45) is 5.92 Å². The SMILES string of the molecule is COc1ccc(CCN2C[C@H](C(=O)Oc3ccc(C(C)=O)cc3)CC2=O)cc1OC. The van der Waals surface area contributed by atoms with Gasteiger partial charge in [0.05, 0.1) is 20.1 Å². The summed E-state index contributed by atoms with van der Waals surface area (Å²) in [5.41, 5.74) is 1.56. The number of carbonyl (C=O) groups excluding carboxylic acids is 3. The molecule has 0 bridgehead atoms. The van der Waals surface area contributed by atoms with E-state index >= 15 is 0 Å². The molecular weight excluding hydrogens is 386 g/mol. The number of likely N-dealkylation sites (tertiary alicyclic amines) is 1. The Kier molecular flexibility index (Phi) is 6.72. The number of rotatable bonds is 8. The zero-order chi connectivity index (χ0) is 21.7. The second-order valence-electron chi connectivity index (χ2n) is 7.18. The second-order valence-corrected chi connectivity index (χ2v) is 7.18. The van der Waals surface area contributed by atoms with E-state index in [2.05, 4.69) is 0 Å². The summed E-state index contributed by atoms with van der Waals surface area (Å²) in [4.78, 5) is 37.8. The van der Waals surface area contributed by atoms with Gasteiger partial charge in [-0.25, -0.2) is 0 Å². The molecule has 158 valence electrons. The van der Waals surface area contributed by atoms with Crippen LogP contribution in [-0.2, 0) is 16.0 Å². The van der Waals surface area contributed by atoms with Gasteiger partial charge in [0, 0.05) is 25.1 Å². The van der Waals surface area contributed by atoms with Crippen molar-refractivity contribution in [2.75, 3.05) is 27.3 Å². The molecule has 7 heteroatoms. The van der Waals surface area contributed by atoms with Gasteiger partial charge in [0.25, 0.3) is 0 Å². The summed E-state index contributed by atoms with van der Waals surface area (Å²) < 4.78 is 15.9. The minimum atomic E-state index is -0.504. The Balaban J connectivity index is 1.55. The molecule has 0 unspecified atom stereocenters. The van der Waals surface area contributed by atoms with Gasteiger partial charge in [0.1, 0.15) is 5.75 Å². The molecule has 1 aliphatic rings. The van der Waals surface area contributed by atoms with E-state index in [1.165, 1.54) is 6.92 Å². The summed E-state index contributed by atoms with van der Waals surface area (Å²) in [6.07, 6.45) is 0.774. The molecule has 1 heterocycles. The fourth-order valence-corrected chi connectivity index (χ4v) is 3.40. The van der Waals surface area contributed by atoms with Crippen LogP contribution in [0.25, 0.3) is 0 Å². The van der Waals surface area contributed by atoms with Crippen LogP contribution in [-0.4, -0.2) is 49.9 Å². The molecule has 0 aromatic heterocycles. The summed E-state index contributed by atoms with van der Waals surface area (Å²) in [6.45, 7) is 2.31. The van der Waals surface area contributed by atoms with Crippen LogP contribution in [0.1, 0.15) is 29.3 Å². The number of amides is 1. The van der Waals surface area contributed by atoms with E-state index < -0.39 is 11.9 Å². The molecule has 1 fully saturated rings. The van der Waals surface area contributed by atoms with Crippen LogP contribution in [0.4, 0.5) is 0 Å². The van der Waals surface area contributed by atoms with Crippen LogP contribution in [0.3, 0.4) is 0 Å². The van der Waals surface area contributed by atoms with Gasteiger partial charge in [-0.05, 0) is 55.3 Å². The first-order valence-electron chi connectivity index (χ1n) is 9.72. The molecule has 1 atom stereocenters. The fourth-order valence-electron chi connectivity index (χ4n) is 3.40. The molecule has 30 heavy (non-hydrogen) atoms. The van der Waals surface area contributed by atoms with Gasteiger partial charge in [-0.2, -0.15) is 0 Å². The molecule has 0 N–H and O–H groups in total. The van der Waals surface area contributed by atoms with Gasteiger partial charge in [0.2, 0.25) is 5.91 Å². The first-order chi connectivity index (χ1) is 14.4. The Hall–Kier alpha value is -3.35. The van der Waals surface area contributed by atoms with Crippen molar-refractivity contribution in [1.82, 2.24) is 4.90 Å². The van der Waals surface area contributed by atoms with E-state index in [0.29, 0.717) is 42.3 Å². The number of hydrogen-bond donors (Lipinski definition) is 0. The minimum Gasteiger partial charge on any atom is -0.493 e. The van der Waals surface area contributed by atoms with Crippen molar-refractivity contribution in [2.45, 2.75) is 19.8 Å². The number of esters is 1. The molecule has 0 radical (unpaired) electrons. The summed E-state index contributed by atoms with van der Waals surface area (Å²) in [5, 5.41) is 0. The van der Waals surface area contributed by atoms with Gasteiger partial charge in [-0.3, -0.25) is 14.4 Å². The van der Waals surface area contributed by atoms with Gasteiger partial charge < -0.3 is 19.1 Å². The zero-order valence-electron chi connectivity index (χ0n) is 17.3. The first-order valence-corrected chi connectivity index (χ1v) is 9.72. The summed E-state index contributed by atoms with van der Waals surface area (Å²) in [7, 11) is 3.16. The largest absolute Gasteiger partial charge is 0.493 e. The molecule has 0 aliphatic carbocycles. The average Bonchev–Trinajstić information content (AvgIpc) is 3.13. The normalized spacial score (nSPS) is 15.8. The summed E-state index contributed by atoms with van der Waals surface area (Å²) in [6, 6.07) is 12.0. The summed E-state index contributed by atoms with van der Waals surface area (Å²) in [5.74, 6) is 0.588. The number of nitrogens with zero attached hydrogens (tertiary/aromatic N) is 1. The van der Waals surface area contributed by atoms with E-state index in [1.54, 1.807) is 43.4 Å². The summed E-state index contributed by atoms with van der Waals surface area (Å²) >= 11 is 0. The maximum Gasteiger partial charge on any atom is 0.316 e. The van der Waals surface area contributed by atoms with Crippen molar-refractivity contribution in [3.8, 4) is 17.2 Å². The lowest BCUT2D eigenvalue weighted by molar-refractivity contribution is -0.139. The monoisotopic (exact) mass is 411 g/mol. The van der Waals surface area contributed by atoms with E-state index in [1.807, 2.05) is 18.2 Å². The first kappa shape index (κ1) is 21.4. The zero-order valence-corrected chi connectivity index (χ0v) is 17.3. The lowest BCUT2D eigenvalue weighted by Crippen LogP contribution is -2.29. The number of Topliss-reactive ketones (excluding diaryl/α,β-unsaturated/α-hetero) is 1. The molecule has 1 aliphatic heterocycles. The highest BCUT2D eigenvalue weighted by molar-refractivity contribution is 5.94. The fraction of sp³-hybridized carbons (Fsp3) is 0.348. The maximum absolute atomic E-state index is 12.5. The number of methoxy groups -OCH3 is 2. The van der Waals surface area contributed by atoms with Crippen LogP contribution < -0.4 is 14.2 Å². The van der Waals surface area contributed by atoms with Crippen molar-refractivity contribution >= 4 is 17.7 Å².